The Morgan fingerprint density at radius 1 is 1.19 bits per heavy atom. The molecule has 0 saturated heterocycles. The molecule has 0 fully saturated rings. The minimum atomic E-state index is -1.34. The van der Waals surface area contributed by atoms with Gasteiger partial charge in [0.05, 0.1) is 6.42 Å². The molecule has 0 aliphatic rings. The Hall–Kier alpha value is -3.30. The molecule has 0 saturated carbocycles. The third kappa shape index (κ3) is 3.59. The van der Waals surface area contributed by atoms with Gasteiger partial charge in [-0.1, -0.05) is 0 Å². The zero-order chi connectivity index (χ0) is 15.4. The maximum absolute atomic E-state index is 11.8. The third-order valence-corrected chi connectivity index (χ3v) is 2.33. The van der Waals surface area contributed by atoms with Crippen LogP contribution in [-0.2, 0) is 11.2 Å². The number of aromatic amines is 2. The Morgan fingerprint density at radius 2 is 1.90 bits per heavy atom. The Labute approximate surface area is 115 Å². The van der Waals surface area contributed by atoms with Crippen molar-refractivity contribution in [2.75, 3.05) is 5.32 Å². The van der Waals surface area contributed by atoms with Crippen molar-refractivity contribution in [2.45, 2.75) is 6.42 Å². The van der Waals surface area contributed by atoms with Gasteiger partial charge in [0.1, 0.15) is 0 Å². The van der Waals surface area contributed by atoms with E-state index in [2.05, 4.69) is 20.3 Å². The fourth-order valence-corrected chi connectivity index (χ4v) is 1.55. The highest BCUT2D eigenvalue weighted by atomic mass is 16.4. The lowest BCUT2D eigenvalue weighted by Gasteiger charge is -2.06. The molecule has 2 heterocycles. The van der Waals surface area contributed by atoms with Crippen LogP contribution in [0.15, 0.2) is 28.0 Å². The number of nitrogens with zero attached hydrogens (tertiary/aromatic N) is 2. The summed E-state index contributed by atoms with van der Waals surface area (Å²) >= 11 is 0. The molecule has 0 spiro atoms. The molecular formula is C11H9N5O5. The summed E-state index contributed by atoms with van der Waals surface area (Å²) in [6, 6.07) is 1.05. The molecule has 0 bridgehead atoms. The molecule has 0 atom stereocenters. The molecule has 21 heavy (non-hydrogen) atoms. The highest BCUT2D eigenvalue weighted by Crippen LogP contribution is 2.08. The van der Waals surface area contributed by atoms with Crippen molar-refractivity contribution in [1.29, 1.82) is 0 Å². The maximum atomic E-state index is 11.8. The number of carboxylic acid groups (broad SMARTS) is 1. The minimum absolute atomic E-state index is 0.0852. The van der Waals surface area contributed by atoms with Gasteiger partial charge < -0.3 is 15.4 Å². The van der Waals surface area contributed by atoms with Gasteiger partial charge in [0, 0.05) is 24.2 Å². The molecule has 1 amide bonds. The van der Waals surface area contributed by atoms with Crippen molar-refractivity contribution in [3.05, 3.63) is 50.7 Å². The van der Waals surface area contributed by atoms with E-state index in [1.165, 1.54) is 12.4 Å². The predicted octanol–water partition coefficient (Wildman–Crippen LogP) is -1.27. The first-order chi connectivity index (χ1) is 9.95. The summed E-state index contributed by atoms with van der Waals surface area (Å²) in [4.78, 5) is 56.3. The van der Waals surface area contributed by atoms with Crippen molar-refractivity contribution in [1.82, 2.24) is 19.9 Å². The summed E-state index contributed by atoms with van der Waals surface area (Å²) in [6.45, 7) is 0. The van der Waals surface area contributed by atoms with Crippen molar-refractivity contribution >= 4 is 17.7 Å². The molecule has 0 aromatic carbocycles. The van der Waals surface area contributed by atoms with Gasteiger partial charge in [0.15, 0.2) is 11.5 Å². The number of amides is 1. The molecule has 2 aromatic heterocycles. The second-order valence-electron chi connectivity index (χ2n) is 3.90. The second-order valence-corrected chi connectivity index (χ2v) is 3.90. The summed E-state index contributed by atoms with van der Waals surface area (Å²) in [5, 5.41) is 11.1. The average Bonchev–Trinajstić information content (AvgIpc) is 2.37. The number of rotatable bonds is 4. The molecule has 0 radical (unpaired) electrons. The van der Waals surface area contributed by atoms with Crippen LogP contribution in [-0.4, -0.2) is 36.9 Å². The molecule has 0 unspecified atom stereocenters. The number of carbonyl (C=O) groups excluding carboxylic acids is 1. The molecule has 0 aliphatic carbocycles. The summed E-state index contributed by atoms with van der Waals surface area (Å²) in [5.74, 6) is -2.22. The van der Waals surface area contributed by atoms with Crippen LogP contribution >= 0.6 is 0 Å². The lowest BCUT2D eigenvalue weighted by Crippen LogP contribution is -2.26. The predicted molar refractivity (Wildman–Crippen MR) is 69.0 cm³/mol. The largest absolute Gasteiger partial charge is 0.476 e. The summed E-state index contributed by atoms with van der Waals surface area (Å²) in [5.41, 5.74) is -1.71. The zero-order valence-electron chi connectivity index (χ0n) is 10.4. The van der Waals surface area contributed by atoms with Gasteiger partial charge in [-0.05, 0) is 0 Å². The van der Waals surface area contributed by atoms with Gasteiger partial charge in [-0.25, -0.2) is 19.6 Å². The highest BCUT2D eigenvalue weighted by molar-refractivity contribution is 5.98. The van der Waals surface area contributed by atoms with Gasteiger partial charge in [0.25, 0.3) is 5.56 Å². The number of H-pyrrole nitrogens is 2. The van der Waals surface area contributed by atoms with E-state index < -0.39 is 28.8 Å². The Kier molecular flexibility index (Phi) is 3.88. The number of carboxylic acids is 1. The van der Waals surface area contributed by atoms with Gasteiger partial charge in [-0.3, -0.25) is 14.6 Å². The van der Waals surface area contributed by atoms with E-state index in [-0.39, 0.29) is 17.9 Å². The van der Waals surface area contributed by atoms with Crippen LogP contribution in [0.1, 0.15) is 16.2 Å². The summed E-state index contributed by atoms with van der Waals surface area (Å²) in [7, 11) is 0. The molecule has 10 heteroatoms. The van der Waals surface area contributed by atoms with Crippen LogP contribution in [0.3, 0.4) is 0 Å². The molecule has 0 aliphatic heterocycles. The fourth-order valence-electron chi connectivity index (χ4n) is 1.55. The van der Waals surface area contributed by atoms with Crippen molar-refractivity contribution in [2.24, 2.45) is 0 Å². The maximum Gasteiger partial charge on any atom is 0.358 e. The number of anilines is 1. The number of hydrogen-bond acceptors (Lipinski definition) is 6. The number of carbonyl (C=O) groups is 2. The lowest BCUT2D eigenvalue weighted by molar-refractivity contribution is -0.115. The van der Waals surface area contributed by atoms with E-state index in [1.54, 1.807) is 0 Å². The van der Waals surface area contributed by atoms with Crippen LogP contribution in [0.25, 0.3) is 0 Å². The standard InChI is InChI=1S/C11H9N5O5/c17-6(3-5-4-7(18)16-11(21)14-5)15-9-8(10(19)20)12-1-2-13-9/h1-2,4H,3H2,(H,19,20)(H,13,15,17)(H2,14,16,18,21). The Balaban J connectivity index is 2.17. The minimum Gasteiger partial charge on any atom is -0.476 e. The van der Waals surface area contributed by atoms with E-state index in [1.807, 2.05) is 4.98 Å². The summed E-state index contributed by atoms with van der Waals surface area (Å²) < 4.78 is 0. The number of aromatic nitrogens is 4. The van der Waals surface area contributed by atoms with Crippen molar-refractivity contribution in [3.63, 3.8) is 0 Å². The van der Waals surface area contributed by atoms with E-state index >= 15 is 0 Å². The highest BCUT2D eigenvalue weighted by Gasteiger charge is 2.15. The van der Waals surface area contributed by atoms with E-state index in [0.29, 0.717) is 0 Å². The molecule has 2 rings (SSSR count). The molecular weight excluding hydrogens is 282 g/mol. The molecule has 4 N–H and O–H groups in total. The summed E-state index contributed by atoms with van der Waals surface area (Å²) in [6.07, 6.45) is 2.07. The lowest BCUT2D eigenvalue weighted by atomic mass is 10.3. The molecule has 10 nitrogen and oxygen atoms in total. The fraction of sp³-hybridized carbons (Fsp3) is 0.0909. The van der Waals surface area contributed by atoms with Crippen molar-refractivity contribution < 1.29 is 14.7 Å². The first kappa shape index (κ1) is 14.1. The average molecular weight is 291 g/mol. The SMILES string of the molecule is O=C(Cc1cc(=O)[nH]c(=O)[nH]1)Nc1nccnc1C(=O)O. The quantitative estimate of drug-likeness (QED) is 0.546. The Morgan fingerprint density at radius 3 is 2.57 bits per heavy atom. The van der Waals surface area contributed by atoms with Gasteiger partial charge in [-0.15, -0.1) is 0 Å². The number of hydrogen-bond donors (Lipinski definition) is 4. The normalized spacial score (nSPS) is 10.1. The van der Waals surface area contributed by atoms with E-state index in [0.717, 1.165) is 6.07 Å². The number of nitrogens with one attached hydrogen (secondary N) is 3. The van der Waals surface area contributed by atoms with Crippen LogP contribution in [0, 0.1) is 0 Å². The first-order valence-corrected chi connectivity index (χ1v) is 5.62. The van der Waals surface area contributed by atoms with Gasteiger partial charge in [-0.2, -0.15) is 0 Å². The van der Waals surface area contributed by atoms with E-state index in [4.69, 9.17) is 5.11 Å². The zero-order valence-corrected chi connectivity index (χ0v) is 10.4. The van der Waals surface area contributed by atoms with Crippen LogP contribution in [0.2, 0.25) is 0 Å². The van der Waals surface area contributed by atoms with Gasteiger partial charge in [0.2, 0.25) is 5.91 Å². The number of aromatic carboxylic acids is 1. The van der Waals surface area contributed by atoms with Crippen molar-refractivity contribution in [3.8, 4) is 0 Å². The monoisotopic (exact) mass is 291 g/mol. The topological polar surface area (TPSA) is 158 Å². The van der Waals surface area contributed by atoms with Crippen LogP contribution in [0.4, 0.5) is 5.82 Å². The Bertz CT molecular complexity index is 781. The first-order valence-electron chi connectivity index (χ1n) is 5.62. The van der Waals surface area contributed by atoms with Gasteiger partial charge >= 0.3 is 11.7 Å². The molecule has 2 aromatic rings. The smallest absolute Gasteiger partial charge is 0.358 e. The third-order valence-electron chi connectivity index (χ3n) is 2.33. The van der Waals surface area contributed by atoms with Crippen LogP contribution < -0.4 is 16.6 Å². The van der Waals surface area contributed by atoms with Crippen LogP contribution in [0.5, 0.6) is 0 Å². The second kappa shape index (κ2) is 5.77. The molecule has 108 valence electrons. The van der Waals surface area contributed by atoms with E-state index in [9.17, 15) is 19.2 Å².